The molecule has 80 valence electrons. The molecule has 1 unspecified atom stereocenters. The molecule has 0 aromatic carbocycles. The Morgan fingerprint density at radius 2 is 2.40 bits per heavy atom. The number of nitrogens with one attached hydrogen (secondary N) is 1. The highest BCUT2D eigenvalue weighted by molar-refractivity contribution is 5.89. The van der Waals surface area contributed by atoms with Crippen LogP contribution in [-0.4, -0.2) is 22.7 Å². The zero-order chi connectivity index (χ0) is 10.8. The molecule has 0 aliphatic heterocycles. The topological polar surface area (TPSA) is 77.0 Å². The smallest absolute Gasteiger partial charge is 0.260 e. The summed E-state index contributed by atoms with van der Waals surface area (Å²) in [5.74, 6) is 0. The van der Waals surface area contributed by atoms with Gasteiger partial charge in [0.05, 0.1) is 16.8 Å². The van der Waals surface area contributed by atoms with Crippen molar-refractivity contribution in [3.05, 3.63) is 18.0 Å². The lowest BCUT2D eigenvalue weighted by Crippen LogP contribution is -2.25. The predicted molar refractivity (Wildman–Crippen MR) is 58.7 cm³/mol. The van der Waals surface area contributed by atoms with Gasteiger partial charge in [-0.25, -0.2) is 4.98 Å². The van der Waals surface area contributed by atoms with Gasteiger partial charge >= 0.3 is 0 Å². The minimum absolute atomic E-state index is 0.105. The van der Waals surface area contributed by atoms with E-state index in [0.717, 1.165) is 16.8 Å². The molecule has 0 radical (unpaired) electrons. The summed E-state index contributed by atoms with van der Waals surface area (Å²) in [6.07, 6.45) is 1.69. The summed E-state index contributed by atoms with van der Waals surface area (Å²) in [6, 6.07) is 2.00. The van der Waals surface area contributed by atoms with Crippen molar-refractivity contribution < 1.29 is 4.52 Å². The first kappa shape index (κ1) is 9.92. The van der Waals surface area contributed by atoms with Crippen LogP contribution in [0.5, 0.6) is 0 Å². The van der Waals surface area contributed by atoms with Crippen LogP contribution in [-0.2, 0) is 0 Å². The first-order chi connectivity index (χ1) is 7.18. The molecule has 0 aliphatic carbocycles. The summed E-state index contributed by atoms with van der Waals surface area (Å²) in [6.45, 7) is 4.56. The van der Waals surface area contributed by atoms with E-state index in [1.165, 1.54) is 0 Å². The van der Waals surface area contributed by atoms with Crippen LogP contribution in [0.3, 0.4) is 0 Å². The summed E-state index contributed by atoms with van der Waals surface area (Å²) in [4.78, 5) is 4.09. The van der Waals surface area contributed by atoms with Gasteiger partial charge < -0.3 is 15.6 Å². The molecule has 0 amide bonds. The Labute approximate surface area is 87.6 Å². The maximum Gasteiger partial charge on any atom is 0.260 e. The normalized spacial score (nSPS) is 13.0. The molecule has 0 saturated carbocycles. The number of fused-ring (bicyclic) bond motifs is 1. The molecule has 0 fully saturated rings. The third-order valence-electron chi connectivity index (χ3n) is 2.16. The molecule has 2 aromatic heterocycles. The highest BCUT2D eigenvalue weighted by Crippen LogP contribution is 2.24. The van der Waals surface area contributed by atoms with E-state index < -0.39 is 0 Å². The van der Waals surface area contributed by atoms with Crippen LogP contribution < -0.4 is 11.1 Å². The zero-order valence-corrected chi connectivity index (χ0v) is 8.82. The van der Waals surface area contributed by atoms with Crippen molar-refractivity contribution in [1.29, 1.82) is 0 Å². The van der Waals surface area contributed by atoms with E-state index in [-0.39, 0.29) is 6.04 Å². The molecule has 0 saturated heterocycles. The molecular formula is C10H14N4O. The maximum atomic E-state index is 5.68. The molecule has 0 spiro atoms. The second kappa shape index (κ2) is 3.86. The van der Waals surface area contributed by atoms with Crippen LogP contribution in [0.1, 0.15) is 12.6 Å². The van der Waals surface area contributed by atoms with Gasteiger partial charge in [-0.2, -0.15) is 0 Å². The summed E-state index contributed by atoms with van der Waals surface area (Å²) in [5.41, 5.74) is 8.04. The maximum absolute atomic E-state index is 5.68. The van der Waals surface area contributed by atoms with E-state index >= 15 is 0 Å². The SMILES string of the molecule is Cc1noc2nccc(NCC(C)N)c12. The number of pyridine rings is 1. The van der Waals surface area contributed by atoms with Gasteiger partial charge in [0, 0.05) is 18.8 Å². The number of nitrogens with zero attached hydrogens (tertiary/aromatic N) is 2. The van der Waals surface area contributed by atoms with E-state index in [1.807, 2.05) is 19.9 Å². The van der Waals surface area contributed by atoms with Crippen LogP contribution in [0.15, 0.2) is 16.8 Å². The lowest BCUT2D eigenvalue weighted by molar-refractivity contribution is 0.443. The highest BCUT2D eigenvalue weighted by atomic mass is 16.5. The zero-order valence-electron chi connectivity index (χ0n) is 8.82. The van der Waals surface area contributed by atoms with Crippen LogP contribution in [0.2, 0.25) is 0 Å². The van der Waals surface area contributed by atoms with E-state index in [4.69, 9.17) is 10.3 Å². The molecule has 15 heavy (non-hydrogen) atoms. The molecule has 1 atom stereocenters. The molecule has 2 heterocycles. The van der Waals surface area contributed by atoms with Crippen molar-refractivity contribution >= 4 is 16.8 Å². The molecule has 0 aliphatic rings. The molecule has 5 heteroatoms. The van der Waals surface area contributed by atoms with Gasteiger partial charge in [0.2, 0.25) is 0 Å². The summed E-state index contributed by atoms with van der Waals surface area (Å²) in [5, 5.41) is 8.05. The second-order valence-electron chi connectivity index (χ2n) is 3.66. The van der Waals surface area contributed by atoms with Gasteiger partial charge in [-0.05, 0) is 19.9 Å². The quantitative estimate of drug-likeness (QED) is 0.791. The van der Waals surface area contributed by atoms with Gasteiger partial charge in [-0.15, -0.1) is 0 Å². The molecular weight excluding hydrogens is 192 g/mol. The van der Waals surface area contributed by atoms with Crippen LogP contribution in [0.25, 0.3) is 11.1 Å². The standard InChI is InChI=1S/C10H14N4O/c1-6(11)5-13-8-3-4-12-10-9(8)7(2)14-15-10/h3-4,6H,5,11H2,1-2H3,(H,12,13). The molecule has 0 bridgehead atoms. The fraction of sp³-hybridized carbons (Fsp3) is 0.400. The van der Waals surface area contributed by atoms with Crippen LogP contribution in [0.4, 0.5) is 5.69 Å². The lowest BCUT2D eigenvalue weighted by atomic mass is 10.2. The summed E-state index contributed by atoms with van der Waals surface area (Å²) >= 11 is 0. The van der Waals surface area contributed by atoms with Gasteiger partial charge in [-0.3, -0.25) is 0 Å². The first-order valence-corrected chi connectivity index (χ1v) is 4.89. The van der Waals surface area contributed by atoms with Crippen molar-refractivity contribution in [2.45, 2.75) is 19.9 Å². The Bertz CT molecular complexity index is 463. The fourth-order valence-corrected chi connectivity index (χ4v) is 1.44. The van der Waals surface area contributed by atoms with Gasteiger partial charge in [0.1, 0.15) is 0 Å². The van der Waals surface area contributed by atoms with Crippen molar-refractivity contribution in [2.24, 2.45) is 5.73 Å². The van der Waals surface area contributed by atoms with E-state index in [0.29, 0.717) is 12.3 Å². The van der Waals surface area contributed by atoms with Gasteiger partial charge in [0.15, 0.2) is 0 Å². The Morgan fingerprint density at radius 1 is 1.60 bits per heavy atom. The lowest BCUT2D eigenvalue weighted by Gasteiger charge is -2.09. The van der Waals surface area contributed by atoms with Crippen LogP contribution >= 0.6 is 0 Å². The largest absolute Gasteiger partial charge is 0.383 e. The number of hydrogen-bond donors (Lipinski definition) is 2. The number of nitrogens with two attached hydrogens (primary N) is 1. The molecule has 2 rings (SSSR count). The van der Waals surface area contributed by atoms with Gasteiger partial charge in [0.25, 0.3) is 5.71 Å². The Morgan fingerprint density at radius 3 is 3.13 bits per heavy atom. The molecule has 3 N–H and O–H groups in total. The third kappa shape index (κ3) is 1.92. The first-order valence-electron chi connectivity index (χ1n) is 4.89. The number of aromatic nitrogens is 2. The number of rotatable bonds is 3. The minimum atomic E-state index is 0.105. The van der Waals surface area contributed by atoms with Crippen molar-refractivity contribution in [3.63, 3.8) is 0 Å². The van der Waals surface area contributed by atoms with Crippen molar-refractivity contribution in [2.75, 3.05) is 11.9 Å². The third-order valence-corrected chi connectivity index (χ3v) is 2.16. The number of aryl methyl sites for hydroxylation is 1. The second-order valence-corrected chi connectivity index (χ2v) is 3.66. The highest BCUT2D eigenvalue weighted by Gasteiger charge is 2.09. The Kier molecular flexibility index (Phi) is 2.55. The summed E-state index contributed by atoms with van der Waals surface area (Å²) in [7, 11) is 0. The minimum Gasteiger partial charge on any atom is -0.383 e. The fourth-order valence-electron chi connectivity index (χ4n) is 1.44. The predicted octanol–water partition coefficient (Wildman–Crippen LogP) is 1.29. The average Bonchev–Trinajstić information content (AvgIpc) is 2.58. The van der Waals surface area contributed by atoms with E-state index in [1.54, 1.807) is 6.20 Å². The number of hydrogen-bond acceptors (Lipinski definition) is 5. The van der Waals surface area contributed by atoms with Crippen molar-refractivity contribution in [3.8, 4) is 0 Å². The van der Waals surface area contributed by atoms with E-state index in [9.17, 15) is 0 Å². The Hall–Kier alpha value is -1.62. The monoisotopic (exact) mass is 206 g/mol. The van der Waals surface area contributed by atoms with E-state index in [2.05, 4.69) is 15.5 Å². The molecule has 5 nitrogen and oxygen atoms in total. The van der Waals surface area contributed by atoms with Crippen LogP contribution in [0, 0.1) is 6.92 Å². The average molecular weight is 206 g/mol. The van der Waals surface area contributed by atoms with Crippen molar-refractivity contribution in [1.82, 2.24) is 10.1 Å². The summed E-state index contributed by atoms with van der Waals surface area (Å²) < 4.78 is 5.06. The Balaban J connectivity index is 2.37. The number of anilines is 1. The van der Waals surface area contributed by atoms with Gasteiger partial charge in [-0.1, -0.05) is 5.16 Å². The molecule has 2 aromatic rings.